The quantitative estimate of drug-likeness (QED) is 0.656. The molecule has 1 rings (SSSR count). The molecule has 1 aromatic rings. The number of ether oxygens (including phenoxy) is 1. The molecule has 5 heteroatoms. The largest absolute Gasteiger partial charge is 0.481 e. The van der Waals surface area contributed by atoms with Gasteiger partial charge in [-0.05, 0) is 6.92 Å². The summed E-state index contributed by atoms with van der Waals surface area (Å²) >= 11 is 0. The Balaban J connectivity index is 3.04. The molecule has 1 heterocycles. The van der Waals surface area contributed by atoms with E-state index in [9.17, 15) is 0 Å². The van der Waals surface area contributed by atoms with Crippen LogP contribution in [-0.4, -0.2) is 16.9 Å². The van der Waals surface area contributed by atoms with Gasteiger partial charge in [-0.2, -0.15) is 5.10 Å². The summed E-state index contributed by atoms with van der Waals surface area (Å²) in [6.07, 6.45) is 0. The van der Waals surface area contributed by atoms with E-state index < -0.39 is 0 Å². The van der Waals surface area contributed by atoms with E-state index in [1.807, 2.05) is 14.0 Å². The SMILES string of the molecule is COc1c(CON)c(C)nn1C. The van der Waals surface area contributed by atoms with Crippen molar-refractivity contribution in [1.82, 2.24) is 9.78 Å². The highest BCUT2D eigenvalue weighted by molar-refractivity contribution is 5.29. The molecule has 0 amide bonds. The highest BCUT2D eigenvalue weighted by Gasteiger charge is 2.12. The van der Waals surface area contributed by atoms with Gasteiger partial charge < -0.3 is 4.74 Å². The van der Waals surface area contributed by atoms with Gasteiger partial charge >= 0.3 is 0 Å². The van der Waals surface area contributed by atoms with Crippen molar-refractivity contribution in [3.8, 4) is 5.88 Å². The first-order valence-corrected chi connectivity index (χ1v) is 3.58. The van der Waals surface area contributed by atoms with Crippen LogP contribution in [0.1, 0.15) is 11.3 Å². The Morgan fingerprint density at radius 2 is 2.25 bits per heavy atom. The minimum Gasteiger partial charge on any atom is -0.481 e. The number of aromatic nitrogens is 2. The smallest absolute Gasteiger partial charge is 0.217 e. The Hall–Kier alpha value is -1.07. The van der Waals surface area contributed by atoms with Crippen LogP contribution < -0.4 is 10.6 Å². The molecule has 68 valence electrons. The maximum absolute atomic E-state index is 5.11. The number of rotatable bonds is 3. The van der Waals surface area contributed by atoms with Gasteiger partial charge in [0.1, 0.15) is 6.61 Å². The van der Waals surface area contributed by atoms with Crippen LogP contribution in [0.2, 0.25) is 0 Å². The summed E-state index contributed by atoms with van der Waals surface area (Å²) in [7, 11) is 3.41. The third-order valence-electron chi connectivity index (χ3n) is 1.71. The van der Waals surface area contributed by atoms with Gasteiger partial charge in [0.25, 0.3) is 0 Å². The van der Waals surface area contributed by atoms with Crippen LogP contribution >= 0.6 is 0 Å². The summed E-state index contributed by atoms with van der Waals surface area (Å²) in [5.41, 5.74) is 1.77. The predicted octanol–water partition coefficient (Wildman–Crippen LogP) is 0.127. The summed E-state index contributed by atoms with van der Waals surface area (Å²) in [6, 6.07) is 0. The van der Waals surface area contributed by atoms with Crippen LogP contribution in [0.4, 0.5) is 0 Å². The zero-order chi connectivity index (χ0) is 9.14. The van der Waals surface area contributed by atoms with E-state index in [0.717, 1.165) is 11.3 Å². The maximum Gasteiger partial charge on any atom is 0.217 e. The first-order valence-electron chi connectivity index (χ1n) is 3.58. The standard InChI is InChI=1S/C7H13N3O2/c1-5-6(4-12-8)7(11-3)10(2)9-5/h4,8H2,1-3H3. The van der Waals surface area contributed by atoms with Crippen molar-refractivity contribution in [2.75, 3.05) is 7.11 Å². The van der Waals surface area contributed by atoms with E-state index in [0.29, 0.717) is 12.5 Å². The lowest BCUT2D eigenvalue weighted by atomic mass is 10.3. The van der Waals surface area contributed by atoms with Gasteiger partial charge in [0, 0.05) is 7.05 Å². The predicted molar refractivity (Wildman–Crippen MR) is 43.5 cm³/mol. The van der Waals surface area contributed by atoms with Crippen LogP contribution in [0.5, 0.6) is 5.88 Å². The summed E-state index contributed by atoms with van der Waals surface area (Å²) in [6.45, 7) is 2.21. The number of aryl methyl sites for hydroxylation is 2. The monoisotopic (exact) mass is 171 g/mol. The lowest BCUT2D eigenvalue weighted by molar-refractivity contribution is 0.121. The van der Waals surface area contributed by atoms with E-state index >= 15 is 0 Å². The minimum absolute atomic E-state index is 0.322. The van der Waals surface area contributed by atoms with Crippen LogP contribution in [0.3, 0.4) is 0 Å². The molecule has 5 nitrogen and oxygen atoms in total. The van der Waals surface area contributed by atoms with Crippen LogP contribution in [0.15, 0.2) is 0 Å². The number of nitrogens with two attached hydrogens (primary N) is 1. The van der Waals surface area contributed by atoms with Gasteiger partial charge in [-0.25, -0.2) is 10.6 Å². The van der Waals surface area contributed by atoms with E-state index in [1.165, 1.54) is 0 Å². The fourth-order valence-corrected chi connectivity index (χ4v) is 1.19. The highest BCUT2D eigenvalue weighted by atomic mass is 16.6. The molecule has 0 radical (unpaired) electrons. The van der Waals surface area contributed by atoms with Gasteiger partial charge in [-0.3, -0.25) is 4.84 Å². The Bertz CT molecular complexity index is 270. The van der Waals surface area contributed by atoms with Gasteiger partial charge in [-0.15, -0.1) is 0 Å². The Morgan fingerprint density at radius 3 is 2.75 bits per heavy atom. The molecule has 12 heavy (non-hydrogen) atoms. The van der Waals surface area contributed by atoms with E-state index in [2.05, 4.69) is 9.94 Å². The first-order chi connectivity index (χ1) is 5.70. The maximum atomic E-state index is 5.11. The number of hydrogen-bond donors (Lipinski definition) is 1. The molecule has 0 unspecified atom stereocenters. The molecule has 1 aromatic heterocycles. The van der Waals surface area contributed by atoms with Crippen molar-refractivity contribution >= 4 is 0 Å². The van der Waals surface area contributed by atoms with E-state index in [-0.39, 0.29) is 0 Å². The van der Waals surface area contributed by atoms with Crippen molar-refractivity contribution in [2.24, 2.45) is 12.9 Å². The molecule has 0 saturated carbocycles. The van der Waals surface area contributed by atoms with Crippen molar-refractivity contribution in [3.63, 3.8) is 0 Å². The van der Waals surface area contributed by atoms with Crippen molar-refractivity contribution < 1.29 is 9.57 Å². The average Bonchev–Trinajstić information content (AvgIpc) is 2.28. The number of hydrogen-bond acceptors (Lipinski definition) is 4. The Kier molecular flexibility index (Phi) is 2.67. The molecular weight excluding hydrogens is 158 g/mol. The van der Waals surface area contributed by atoms with Crippen LogP contribution in [-0.2, 0) is 18.5 Å². The fourth-order valence-electron chi connectivity index (χ4n) is 1.19. The van der Waals surface area contributed by atoms with Crippen molar-refractivity contribution in [1.29, 1.82) is 0 Å². The molecule has 0 aliphatic heterocycles. The van der Waals surface area contributed by atoms with Crippen molar-refractivity contribution in [3.05, 3.63) is 11.3 Å². The molecule has 0 saturated heterocycles. The summed E-state index contributed by atoms with van der Waals surface area (Å²) in [5, 5.41) is 4.16. The summed E-state index contributed by atoms with van der Waals surface area (Å²) < 4.78 is 6.77. The normalized spacial score (nSPS) is 10.3. The summed E-state index contributed by atoms with van der Waals surface area (Å²) in [5.74, 6) is 5.66. The second kappa shape index (κ2) is 3.55. The van der Waals surface area contributed by atoms with Gasteiger partial charge in [0.2, 0.25) is 5.88 Å². The molecule has 0 fully saturated rings. The van der Waals surface area contributed by atoms with Crippen LogP contribution in [0, 0.1) is 6.92 Å². The average molecular weight is 171 g/mol. The zero-order valence-electron chi connectivity index (χ0n) is 7.50. The zero-order valence-corrected chi connectivity index (χ0v) is 7.50. The molecule has 2 N–H and O–H groups in total. The minimum atomic E-state index is 0.322. The van der Waals surface area contributed by atoms with E-state index in [4.69, 9.17) is 10.6 Å². The lowest BCUT2D eigenvalue weighted by Crippen LogP contribution is -2.02. The summed E-state index contributed by atoms with van der Waals surface area (Å²) in [4.78, 5) is 4.53. The number of nitrogens with zero attached hydrogens (tertiary/aromatic N) is 2. The molecule has 0 bridgehead atoms. The van der Waals surface area contributed by atoms with Gasteiger partial charge in [0.05, 0.1) is 18.4 Å². The fraction of sp³-hybridized carbons (Fsp3) is 0.571. The molecule has 0 atom stereocenters. The second-order valence-electron chi connectivity index (χ2n) is 2.51. The second-order valence-corrected chi connectivity index (χ2v) is 2.51. The van der Waals surface area contributed by atoms with Gasteiger partial charge in [-0.1, -0.05) is 0 Å². The molecule has 0 aliphatic carbocycles. The van der Waals surface area contributed by atoms with Gasteiger partial charge in [0.15, 0.2) is 0 Å². The Morgan fingerprint density at radius 1 is 1.58 bits per heavy atom. The number of methoxy groups -OCH3 is 1. The third kappa shape index (κ3) is 1.41. The highest BCUT2D eigenvalue weighted by Crippen LogP contribution is 2.20. The van der Waals surface area contributed by atoms with E-state index in [1.54, 1.807) is 11.8 Å². The molecule has 0 aliphatic rings. The molecular formula is C7H13N3O2. The topological polar surface area (TPSA) is 62.3 Å². The van der Waals surface area contributed by atoms with Crippen LogP contribution in [0.25, 0.3) is 0 Å². The molecule has 0 aromatic carbocycles. The first kappa shape index (κ1) is 9.02. The lowest BCUT2D eigenvalue weighted by Gasteiger charge is -2.02. The van der Waals surface area contributed by atoms with Crippen molar-refractivity contribution in [2.45, 2.75) is 13.5 Å². The molecule has 0 spiro atoms. The Labute approximate surface area is 71.0 Å². The third-order valence-corrected chi connectivity index (χ3v) is 1.71.